The molecule has 0 heterocycles. The first kappa shape index (κ1) is 23.6. The fourth-order valence-electron chi connectivity index (χ4n) is 3.07. The summed E-state index contributed by atoms with van der Waals surface area (Å²) in [5.41, 5.74) is 4.67. The second-order valence-corrected chi connectivity index (χ2v) is 9.75. The zero-order chi connectivity index (χ0) is 23.5. The van der Waals surface area contributed by atoms with E-state index in [1.807, 2.05) is 26.8 Å². The molecular formula is C24H25ClN2O4S. The minimum absolute atomic E-state index is 0.113. The summed E-state index contributed by atoms with van der Waals surface area (Å²) in [6, 6.07) is 15.1. The van der Waals surface area contributed by atoms with Crippen molar-refractivity contribution in [1.82, 2.24) is 0 Å². The molecule has 3 rings (SSSR count). The predicted molar refractivity (Wildman–Crippen MR) is 128 cm³/mol. The molecule has 0 atom stereocenters. The quantitative estimate of drug-likeness (QED) is 0.482. The highest BCUT2D eigenvalue weighted by atomic mass is 35.5. The van der Waals surface area contributed by atoms with Crippen molar-refractivity contribution in [2.24, 2.45) is 0 Å². The number of carbonyl (C=O) groups is 1. The fraction of sp³-hybridized carbons (Fsp3) is 0.208. The van der Waals surface area contributed by atoms with Crippen LogP contribution in [0.2, 0.25) is 5.02 Å². The molecule has 0 unspecified atom stereocenters. The number of hydrogen-bond donors (Lipinski definition) is 2. The maximum Gasteiger partial charge on any atom is 0.262 e. The summed E-state index contributed by atoms with van der Waals surface area (Å²) >= 11 is 5.93. The van der Waals surface area contributed by atoms with Crippen LogP contribution in [-0.2, 0) is 14.8 Å². The van der Waals surface area contributed by atoms with Gasteiger partial charge in [0, 0.05) is 16.4 Å². The largest absolute Gasteiger partial charge is 0.483 e. The molecule has 6 nitrogen and oxygen atoms in total. The maximum absolute atomic E-state index is 12.8. The highest BCUT2D eigenvalue weighted by Gasteiger charge is 2.17. The molecule has 0 saturated heterocycles. The van der Waals surface area contributed by atoms with Crippen LogP contribution in [0, 0.1) is 27.7 Å². The third-order valence-corrected chi connectivity index (χ3v) is 6.65. The highest BCUT2D eigenvalue weighted by Crippen LogP contribution is 2.25. The van der Waals surface area contributed by atoms with Gasteiger partial charge >= 0.3 is 0 Å². The van der Waals surface area contributed by atoms with E-state index in [1.54, 1.807) is 43.3 Å². The summed E-state index contributed by atoms with van der Waals surface area (Å²) in [4.78, 5) is 12.4. The minimum Gasteiger partial charge on any atom is -0.483 e. The molecule has 0 aliphatic carbocycles. The van der Waals surface area contributed by atoms with Gasteiger partial charge in [-0.2, -0.15) is 0 Å². The smallest absolute Gasteiger partial charge is 0.262 e. The number of sulfonamides is 1. The lowest BCUT2D eigenvalue weighted by Gasteiger charge is -2.13. The Labute approximate surface area is 193 Å². The van der Waals surface area contributed by atoms with Crippen molar-refractivity contribution in [2.45, 2.75) is 32.6 Å². The first-order valence-electron chi connectivity index (χ1n) is 9.95. The Hall–Kier alpha value is -3.03. The second-order valence-electron chi connectivity index (χ2n) is 7.63. The molecule has 0 aliphatic rings. The lowest BCUT2D eigenvalue weighted by molar-refractivity contribution is -0.118. The summed E-state index contributed by atoms with van der Waals surface area (Å²) in [5.74, 6) is 0.0982. The number of anilines is 2. The number of carbonyl (C=O) groups excluding carboxylic acids is 1. The van der Waals surface area contributed by atoms with Gasteiger partial charge in [0.05, 0.1) is 4.90 Å². The van der Waals surface area contributed by atoms with E-state index in [4.69, 9.17) is 16.3 Å². The van der Waals surface area contributed by atoms with Crippen LogP contribution >= 0.6 is 11.6 Å². The van der Waals surface area contributed by atoms with E-state index in [1.165, 1.54) is 12.1 Å². The number of ether oxygens (including phenoxy) is 1. The monoisotopic (exact) mass is 472 g/mol. The van der Waals surface area contributed by atoms with Gasteiger partial charge in [-0.3, -0.25) is 9.52 Å². The van der Waals surface area contributed by atoms with Crippen molar-refractivity contribution >= 4 is 38.9 Å². The van der Waals surface area contributed by atoms with Gasteiger partial charge < -0.3 is 10.1 Å². The lowest BCUT2D eigenvalue weighted by atomic mass is 10.1. The standard InChI is InChI=1S/C24H25ClN2O4S/c1-15-5-7-20(12-16(15)2)27-32(29,30)21-8-10-23(18(4)13-21)31-14-24(28)26-22-9-6-19(25)11-17(22)3/h5-13,27H,14H2,1-4H3,(H,26,28). The van der Waals surface area contributed by atoms with Crippen molar-refractivity contribution < 1.29 is 17.9 Å². The third-order valence-electron chi connectivity index (χ3n) is 5.04. The van der Waals surface area contributed by atoms with Crippen LogP contribution < -0.4 is 14.8 Å². The number of hydrogen-bond acceptors (Lipinski definition) is 4. The SMILES string of the molecule is Cc1ccc(NS(=O)(=O)c2ccc(OCC(=O)Nc3ccc(Cl)cc3C)c(C)c2)cc1C. The highest BCUT2D eigenvalue weighted by molar-refractivity contribution is 7.92. The Morgan fingerprint density at radius 2 is 1.62 bits per heavy atom. The molecule has 8 heteroatoms. The number of benzene rings is 3. The first-order valence-corrected chi connectivity index (χ1v) is 11.8. The predicted octanol–water partition coefficient (Wildman–Crippen LogP) is 5.39. The Morgan fingerprint density at radius 3 is 2.28 bits per heavy atom. The topological polar surface area (TPSA) is 84.5 Å². The van der Waals surface area contributed by atoms with Crippen molar-refractivity contribution in [3.8, 4) is 5.75 Å². The summed E-state index contributed by atoms with van der Waals surface area (Å²) in [6.45, 7) is 7.25. The van der Waals surface area contributed by atoms with E-state index in [0.717, 1.165) is 16.7 Å². The zero-order valence-corrected chi connectivity index (χ0v) is 19.9. The summed E-state index contributed by atoms with van der Waals surface area (Å²) in [6.07, 6.45) is 0. The normalized spacial score (nSPS) is 11.2. The fourth-order valence-corrected chi connectivity index (χ4v) is 4.43. The van der Waals surface area contributed by atoms with Crippen molar-refractivity contribution in [3.05, 3.63) is 81.9 Å². The van der Waals surface area contributed by atoms with Crippen LogP contribution in [0.25, 0.3) is 0 Å². The van der Waals surface area contributed by atoms with Crippen molar-refractivity contribution in [1.29, 1.82) is 0 Å². The Bertz CT molecular complexity index is 1270. The first-order chi connectivity index (χ1) is 15.0. The number of halogens is 1. The van der Waals surface area contributed by atoms with Gasteiger partial charge in [0.25, 0.3) is 15.9 Å². The van der Waals surface area contributed by atoms with Gasteiger partial charge in [0.15, 0.2) is 6.61 Å². The van der Waals surface area contributed by atoms with E-state index in [9.17, 15) is 13.2 Å². The van der Waals surface area contributed by atoms with Crippen LogP contribution in [0.15, 0.2) is 59.5 Å². The van der Waals surface area contributed by atoms with Gasteiger partial charge in [-0.25, -0.2) is 8.42 Å². The van der Waals surface area contributed by atoms with Crippen LogP contribution in [-0.4, -0.2) is 20.9 Å². The molecule has 0 aliphatic heterocycles. The number of amides is 1. The van der Waals surface area contributed by atoms with Crippen LogP contribution in [0.5, 0.6) is 5.75 Å². The minimum atomic E-state index is -3.76. The molecule has 3 aromatic rings. The summed E-state index contributed by atoms with van der Waals surface area (Å²) < 4.78 is 33.7. The van der Waals surface area contributed by atoms with Crippen molar-refractivity contribution in [2.75, 3.05) is 16.6 Å². The van der Waals surface area contributed by atoms with E-state index in [2.05, 4.69) is 10.0 Å². The van der Waals surface area contributed by atoms with Crippen LogP contribution in [0.1, 0.15) is 22.3 Å². The average Bonchev–Trinajstić information content (AvgIpc) is 2.71. The van der Waals surface area contributed by atoms with E-state index in [0.29, 0.717) is 27.7 Å². The van der Waals surface area contributed by atoms with Gasteiger partial charge in [0.2, 0.25) is 0 Å². The van der Waals surface area contributed by atoms with E-state index in [-0.39, 0.29) is 17.4 Å². The zero-order valence-electron chi connectivity index (χ0n) is 18.3. The molecule has 32 heavy (non-hydrogen) atoms. The Balaban J connectivity index is 1.66. The number of nitrogens with one attached hydrogen (secondary N) is 2. The molecular weight excluding hydrogens is 448 g/mol. The molecule has 168 valence electrons. The van der Waals surface area contributed by atoms with Gasteiger partial charge in [-0.15, -0.1) is 0 Å². The van der Waals surface area contributed by atoms with Gasteiger partial charge in [0.1, 0.15) is 5.75 Å². The molecule has 0 bridgehead atoms. The summed E-state index contributed by atoms with van der Waals surface area (Å²) in [5, 5.41) is 3.36. The Morgan fingerprint density at radius 1 is 0.875 bits per heavy atom. The van der Waals surface area contributed by atoms with Crippen LogP contribution in [0.3, 0.4) is 0 Å². The molecule has 0 saturated carbocycles. The lowest BCUT2D eigenvalue weighted by Crippen LogP contribution is -2.21. The molecule has 0 radical (unpaired) electrons. The molecule has 0 spiro atoms. The maximum atomic E-state index is 12.8. The molecule has 1 amide bonds. The van der Waals surface area contributed by atoms with E-state index < -0.39 is 10.0 Å². The Kier molecular flexibility index (Phi) is 7.11. The molecule has 0 fully saturated rings. The number of rotatable bonds is 7. The third kappa shape index (κ3) is 5.81. The summed E-state index contributed by atoms with van der Waals surface area (Å²) in [7, 11) is -3.76. The van der Waals surface area contributed by atoms with Crippen LogP contribution in [0.4, 0.5) is 11.4 Å². The molecule has 0 aromatic heterocycles. The van der Waals surface area contributed by atoms with E-state index >= 15 is 0 Å². The second kappa shape index (κ2) is 9.63. The number of aryl methyl sites for hydroxylation is 4. The van der Waals surface area contributed by atoms with Gasteiger partial charge in [-0.05, 0) is 98.5 Å². The molecule has 3 aromatic carbocycles. The molecule has 2 N–H and O–H groups in total. The van der Waals surface area contributed by atoms with Crippen molar-refractivity contribution in [3.63, 3.8) is 0 Å². The van der Waals surface area contributed by atoms with Gasteiger partial charge in [-0.1, -0.05) is 17.7 Å². The average molecular weight is 473 g/mol.